The lowest BCUT2D eigenvalue weighted by molar-refractivity contribution is -0.116. The molecule has 31 heavy (non-hydrogen) atoms. The maximum absolute atomic E-state index is 12.9. The highest BCUT2D eigenvalue weighted by Gasteiger charge is 2.23. The second-order valence-corrected chi connectivity index (χ2v) is 9.05. The number of hydrogen-bond donors (Lipinski definition) is 2. The molecular weight excluding hydrogens is 414 g/mol. The molecule has 0 aliphatic carbocycles. The summed E-state index contributed by atoms with van der Waals surface area (Å²) < 4.78 is 29.1. The Bertz CT molecular complexity index is 1180. The van der Waals surface area contributed by atoms with E-state index >= 15 is 0 Å². The van der Waals surface area contributed by atoms with Gasteiger partial charge in [-0.3, -0.25) is 4.79 Å². The Morgan fingerprint density at radius 3 is 2.45 bits per heavy atom. The van der Waals surface area contributed by atoms with Crippen molar-refractivity contribution in [2.24, 2.45) is 0 Å². The molecule has 2 N–H and O–H groups in total. The molecule has 1 amide bonds. The number of aryl methyl sites for hydroxylation is 1. The van der Waals surface area contributed by atoms with Gasteiger partial charge in [-0.05, 0) is 44.2 Å². The predicted octanol–water partition coefficient (Wildman–Crippen LogP) is 3.45. The van der Waals surface area contributed by atoms with Crippen molar-refractivity contribution in [1.82, 2.24) is 13.9 Å². The summed E-state index contributed by atoms with van der Waals surface area (Å²) in [5.41, 5.74) is 2.80. The number of aromatic nitrogens is 2. The van der Waals surface area contributed by atoms with E-state index in [9.17, 15) is 13.2 Å². The second-order valence-electron chi connectivity index (χ2n) is 7.11. The fourth-order valence-corrected chi connectivity index (χ4v) is 5.06. The molecule has 0 radical (unpaired) electrons. The quantitative estimate of drug-likeness (QED) is 0.528. The van der Waals surface area contributed by atoms with Crippen LogP contribution in [0.25, 0.3) is 11.0 Å². The van der Waals surface area contributed by atoms with Gasteiger partial charge in [-0.25, -0.2) is 13.4 Å². The molecule has 8 nitrogen and oxygen atoms in total. The third kappa shape index (κ3) is 4.72. The number of imidazole rings is 1. The van der Waals surface area contributed by atoms with Crippen molar-refractivity contribution in [3.63, 3.8) is 0 Å². The number of nitrogens with one attached hydrogen (secondary N) is 2. The van der Waals surface area contributed by atoms with Crippen LogP contribution in [0.1, 0.15) is 26.6 Å². The average Bonchev–Trinajstić information content (AvgIpc) is 3.05. The smallest absolute Gasteiger partial charge is 0.244 e. The summed E-state index contributed by atoms with van der Waals surface area (Å²) in [5, 5.41) is 6.05. The Hall–Kier alpha value is -2.91. The molecule has 0 bridgehead atoms. The first-order chi connectivity index (χ1) is 14.8. The van der Waals surface area contributed by atoms with Crippen molar-refractivity contribution in [3.05, 3.63) is 48.3 Å². The topological polar surface area (TPSA) is 96.3 Å². The third-order valence-corrected chi connectivity index (χ3v) is 7.17. The van der Waals surface area contributed by atoms with Gasteiger partial charge in [0.05, 0.1) is 27.3 Å². The largest absolute Gasteiger partial charge is 0.384 e. The molecule has 0 unspecified atom stereocenters. The monoisotopic (exact) mass is 443 g/mol. The van der Waals surface area contributed by atoms with Crippen LogP contribution in [0, 0.1) is 6.92 Å². The lowest BCUT2D eigenvalue weighted by atomic mass is 10.2. The number of amides is 1. The van der Waals surface area contributed by atoms with Crippen molar-refractivity contribution in [2.75, 3.05) is 30.3 Å². The van der Waals surface area contributed by atoms with Gasteiger partial charge in [0.2, 0.25) is 15.9 Å². The fraction of sp³-hybridized carbons (Fsp3) is 0.364. The molecule has 0 aliphatic rings. The molecule has 0 fully saturated rings. The van der Waals surface area contributed by atoms with E-state index < -0.39 is 10.0 Å². The fourth-order valence-electron chi connectivity index (χ4n) is 3.57. The Morgan fingerprint density at radius 2 is 1.77 bits per heavy atom. The van der Waals surface area contributed by atoms with E-state index in [-0.39, 0.29) is 17.3 Å². The number of benzene rings is 2. The Morgan fingerprint density at radius 1 is 1.06 bits per heavy atom. The van der Waals surface area contributed by atoms with Gasteiger partial charge in [-0.2, -0.15) is 4.31 Å². The van der Waals surface area contributed by atoms with Crippen LogP contribution in [-0.2, 0) is 21.4 Å². The highest BCUT2D eigenvalue weighted by Crippen LogP contribution is 2.27. The summed E-state index contributed by atoms with van der Waals surface area (Å²) >= 11 is 0. The zero-order chi connectivity index (χ0) is 22.6. The molecule has 0 aliphatic heterocycles. The number of carbonyl (C=O) groups excluding carboxylic acids is 1. The first kappa shape index (κ1) is 22.8. The normalized spacial score (nSPS) is 11.8. The minimum Gasteiger partial charge on any atom is -0.384 e. The number of fused-ring (bicyclic) bond motifs is 1. The Kier molecular flexibility index (Phi) is 6.97. The lowest BCUT2D eigenvalue weighted by Gasteiger charge is -2.20. The molecule has 3 aromatic rings. The van der Waals surface area contributed by atoms with E-state index in [0.29, 0.717) is 31.0 Å². The van der Waals surface area contributed by atoms with Gasteiger partial charge in [-0.15, -0.1) is 0 Å². The molecule has 0 atom stereocenters. The van der Waals surface area contributed by atoms with Crippen molar-refractivity contribution >= 4 is 38.3 Å². The molecule has 2 aromatic carbocycles. The van der Waals surface area contributed by atoms with Crippen LogP contribution in [0.15, 0.2) is 47.4 Å². The van der Waals surface area contributed by atoms with Gasteiger partial charge in [0.1, 0.15) is 12.4 Å². The van der Waals surface area contributed by atoms with Gasteiger partial charge in [0.25, 0.3) is 0 Å². The van der Waals surface area contributed by atoms with Crippen LogP contribution in [0.3, 0.4) is 0 Å². The molecule has 3 rings (SSSR count). The number of anilines is 2. The highest BCUT2D eigenvalue weighted by molar-refractivity contribution is 7.89. The van der Waals surface area contributed by atoms with Gasteiger partial charge in [-0.1, -0.05) is 26.0 Å². The second kappa shape index (κ2) is 9.49. The molecule has 1 heterocycles. The number of hydrogen-bond acceptors (Lipinski definition) is 5. The van der Waals surface area contributed by atoms with E-state index in [1.165, 1.54) is 10.4 Å². The van der Waals surface area contributed by atoms with E-state index in [2.05, 4.69) is 15.6 Å². The van der Waals surface area contributed by atoms with Gasteiger partial charge in [0.15, 0.2) is 0 Å². The van der Waals surface area contributed by atoms with Gasteiger partial charge >= 0.3 is 0 Å². The third-order valence-electron chi connectivity index (χ3n) is 5.12. The van der Waals surface area contributed by atoms with E-state index in [0.717, 1.165) is 16.9 Å². The van der Waals surface area contributed by atoms with Crippen molar-refractivity contribution in [1.29, 1.82) is 0 Å². The van der Waals surface area contributed by atoms with Gasteiger partial charge in [0, 0.05) is 19.6 Å². The Balaban J connectivity index is 1.91. The van der Waals surface area contributed by atoms with Crippen molar-refractivity contribution < 1.29 is 13.2 Å². The summed E-state index contributed by atoms with van der Waals surface area (Å²) in [6.45, 7) is 8.86. The highest BCUT2D eigenvalue weighted by atomic mass is 32.2. The summed E-state index contributed by atoms with van der Waals surface area (Å²) in [6, 6.07) is 12.4. The zero-order valence-electron chi connectivity index (χ0n) is 18.3. The van der Waals surface area contributed by atoms with Crippen LogP contribution in [0.4, 0.5) is 11.4 Å². The van der Waals surface area contributed by atoms with Crippen LogP contribution in [0.2, 0.25) is 0 Å². The van der Waals surface area contributed by atoms with Crippen molar-refractivity contribution in [2.45, 2.75) is 39.1 Å². The van der Waals surface area contributed by atoms with Gasteiger partial charge < -0.3 is 15.2 Å². The molecule has 0 spiro atoms. The molecular formula is C22H29N5O3S. The first-order valence-electron chi connectivity index (χ1n) is 10.4. The SMILES string of the molecule is CCNc1ccc(S(=O)(=O)N(CC)CC)cc1NC(=O)Cn1c(C)nc2ccccc21. The molecule has 0 saturated heterocycles. The minimum absolute atomic E-state index is 0.0743. The minimum atomic E-state index is -3.64. The maximum Gasteiger partial charge on any atom is 0.244 e. The number of sulfonamides is 1. The van der Waals surface area contributed by atoms with E-state index in [4.69, 9.17) is 0 Å². The average molecular weight is 444 g/mol. The number of para-hydroxylation sites is 2. The van der Waals surface area contributed by atoms with Crippen LogP contribution in [0.5, 0.6) is 0 Å². The number of rotatable bonds is 9. The lowest BCUT2D eigenvalue weighted by Crippen LogP contribution is -2.30. The molecule has 9 heteroatoms. The first-order valence-corrected chi connectivity index (χ1v) is 11.9. The van der Waals surface area contributed by atoms with E-state index in [1.54, 1.807) is 26.0 Å². The van der Waals surface area contributed by atoms with E-state index in [1.807, 2.05) is 42.7 Å². The standard InChI is InChI=1S/C22H29N5O3S/c1-5-23-18-13-12-17(31(29,30)26(6-2)7-3)14-20(18)25-22(28)15-27-16(4)24-19-10-8-9-11-21(19)27/h8-14,23H,5-7,15H2,1-4H3,(H,25,28). The van der Waals surface area contributed by atoms with Crippen LogP contribution < -0.4 is 10.6 Å². The summed E-state index contributed by atoms with van der Waals surface area (Å²) in [4.78, 5) is 17.5. The predicted molar refractivity (Wildman–Crippen MR) is 124 cm³/mol. The van der Waals surface area contributed by atoms with Crippen LogP contribution in [-0.4, -0.2) is 47.8 Å². The molecule has 166 valence electrons. The summed E-state index contributed by atoms with van der Waals surface area (Å²) in [7, 11) is -3.64. The zero-order valence-corrected chi connectivity index (χ0v) is 19.2. The number of nitrogens with zero attached hydrogens (tertiary/aromatic N) is 3. The number of carbonyl (C=O) groups is 1. The summed E-state index contributed by atoms with van der Waals surface area (Å²) in [5.74, 6) is 0.476. The van der Waals surface area contributed by atoms with Crippen LogP contribution >= 0.6 is 0 Å². The maximum atomic E-state index is 12.9. The van der Waals surface area contributed by atoms with Crippen molar-refractivity contribution in [3.8, 4) is 0 Å². The molecule has 1 aromatic heterocycles. The Labute approximate surface area is 183 Å². The molecule has 0 saturated carbocycles. The summed E-state index contributed by atoms with van der Waals surface area (Å²) in [6.07, 6.45) is 0.